The van der Waals surface area contributed by atoms with Gasteiger partial charge in [-0.05, 0) is 30.3 Å². The summed E-state index contributed by atoms with van der Waals surface area (Å²) >= 11 is 6.36. The number of aromatic nitrogens is 3. The number of carbonyl (C=O) groups is 1. The van der Waals surface area contributed by atoms with Crippen LogP contribution >= 0.6 is 11.6 Å². The van der Waals surface area contributed by atoms with E-state index < -0.39 is 0 Å². The molecule has 0 aliphatic carbocycles. The summed E-state index contributed by atoms with van der Waals surface area (Å²) in [7, 11) is 1.56. The van der Waals surface area contributed by atoms with Crippen molar-refractivity contribution in [1.29, 1.82) is 0 Å². The van der Waals surface area contributed by atoms with Crippen LogP contribution in [0.15, 0.2) is 61.1 Å². The summed E-state index contributed by atoms with van der Waals surface area (Å²) < 4.78 is 11.8. The second-order valence-electron chi connectivity index (χ2n) is 8.52. The van der Waals surface area contributed by atoms with Gasteiger partial charge in [-0.15, -0.1) is 0 Å². The molecule has 1 amide bonds. The van der Waals surface area contributed by atoms with Crippen molar-refractivity contribution in [3.05, 3.63) is 83.0 Å². The van der Waals surface area contributed by atoms with Crippen LogP contribution in [-0.4, -0.2) is 41.1 Å². The van der Waals surface area contributed by atoms with Gasteiger partial charge in [0.05, 0.1) is 47.6 Å². The number of fused-ring (bicyclic) bond motifs is 1. The predicted molar refractivity (Wildman–Crippen MR) is 139 cm³/mol. The zero-order chi connectivity index (χ0) is 25.1. The van der Waals surface area contributed by atoms with Crippen LogP contribution in [-0.2, 0) is 6.42 Å². The Morgan fingerprint density at radius 2 is 2.06 bits per heavy atom. The van der Waals surface area contributed by atoms with Crippen molar-refractivity contribution < 1.29 is 14.3 Å². The molecule has 4 aromatic rings. The topological polar surface area (TPSA) is 101 Å². The summed E-state index contributed by atoms with van der Waals surface area (Å²) in [5.74, 6) is 1.02. The van der Waals surface area contributed by atoms with Crippen LogP contribution in [0.4, 0.5) is 11.4 Å². The van der Waals surface area contributed by atoms with E-state index in [9.17, 15) is 4.79 Å². The number of carbonyl (C=O) groups excluding carboxylic acids is 1. The molecule has 0 fully saturated rings. The van der Waals surface area contributed by atoms with Crippen LogP contribution in [0.1, 0.15) is 34.6 Å². The van der Waals surface area contributed by atoms with Gasteiger partial charge in [-0.1, -0.05) is 30.7 Å². The number of methoxy groups -OCH3 is 1. The van der Waals surface area contributed by atoms with Crippen LogP contribution < -0.4 is 20.1 Å². The Hall–Kier alpha value is -4.04. The molecule has 3 N–H and O–H groups in total. The molecule has 9 heteroatoms. The van der Waals surface area contributed by atoms with Crippen molar-refractivity contribution in [3.63, 3.8) is 0 Å². The Morgan fingerprint density at radius 1 is 1.17 bits per heavy atom. The average Bonchev–Trinajstić information content (AvgIpc) is 3.27. The number of hydrogen-bond donors (Lipinski definition) is 3. The van der Waals surface area contributed by atoms with E-state index in [1.807, 2.05) is 36.4 Å². The molecule has 0 bridgehead atoms. The Kier molecular flexibility index (Phi) is 6.77. The van der Waals surface area contributed by atoms with E-state index in [-0.39, 0.29) is 11.8 Å². The molecule has 3 aromatic heterocycles. The summed E-state index contributed by atoms with van der Waals surface area (Å²) in [5.41, 5.74) is 5.13. The van der Waals surface area contributed by atoms with E-state index in [1.165, 1.54) is 0 Å². The quantitative estimate of drug-likeness (QED) is 0.300. The van der Waals surface area contributed by atoms with Gasteiger partial charge < -0.3 is 25.1 Å². The third-order valence-electron chi connectivity index (χ3n) is 6.13. The molecule has 1 aliphatic heterocycles. The highest BCUT2D eigenvalue weighted by Crippen LogP contribution is 2.43. The molecule has 184 valence electrons. The van der Waals surface area contributed by atoms with Gasteiger partial charge in [0.25, 0.3) is 5.91 Å². The van der Waals surface area contributed by atoms with Gasteiger partial charge >= 0.3 is 0 Å². The zero-order valence-electron chi connectivity index (χ0n) is 20.0. The fraction of sp³-hybridized carbons (Fsp3) is 0.222. The average molecular weight is 504 g/mol. The molecule has 1 atom stereocenters. The maximum Gasteiger partial charge on any atom is 0.255 e. The fourth-order valence-corrected chi connectivity index (χ4v) is 4.58. The number of para-hydroxylation sites is 1. The molecule has 1 aliphatic rings. The number of rotatable bonds is 8. The first-order valence-electron chi connectivity index (χ1n) is 11.7. The van der Waals surface area contributed by atoms with E-state index in [0.29, 0.717) is 53.0 Å². The second kappa shape index (κ2) is 10.3. The molecule has 0 radical (unpaired) electrons. The zero-order valence-corrected chi connectivity index (χ0v) is 20.7. The number of nitrogens with one attached hydrogen (secondary N) is 3. The number of H-pyrrole nitrogens is 1. The minimum Gasteiger partial charge on any atom is -0.493 e. The number of nitrogens with zero attached hydrogens (tertiary/aromatic N) is 2. The number of benzene rings is 1. The summed E-state index contributed by atoms with van der Waals surface area (Å²) in [4.78, 5) is 25.1. The molecule has 5 rings (SSSR count). The first-order valence-corrected chi connectivity index (χ1v) is 12.0. The van der Waals surface area contributed by atoms with Gasteiger partial charge in [-0.3, -0.25) is 14.8 Å². The summed E-state index contributed by atoms with van der Waals surface area (Å²) in [6.07, 6.45) is 5.84. The smallest absolute Gasteiger partial charge is 0.255 e. The second-order valence-corrected chi connectivity index (χ2v) is 8.93. The normalized spacial score (nSPS) is 13.5. The molecule has 0 saturated heterocycles. The van der Waals surface area contributed by atoms with Gasteiger partial charge in [0.2, 0.25) is 0 Å². The van der Waals surface area contributed by atoms with Crippen molar-refractivity contribution >= 4 is 28.9 Å². The minimum atomic E-state index is -0.150. The van der Waals surface area contributed by atoms with Crippen molar-refractivity contribution in [3.8, 4) is 22.8 Å². The van der Waals surface area contributed by atoms with Crippen LogP contribution in [0.5, 0.6) is 11.5 Å². The standard InChI is InChI=1S/C27H26ClN5O3/c1-16(19-7-3-4-11-30-19)15-36-22-14-29-12-9-17(22)24-25(23-20(32-24)10-13-31-27(23)34)33-21-8-5-6-18(28)26(21)35-2/h3-9,11-12,14,16,32-33H,10,13,15H2,1-2H3,(H,31,34)/t16-/m1/s1. The third kappa shape index (κ3) is 4.59. The van der Waals surface area contributed by atoms with Crippen molar-refractivity contribution in [1.82, 2.24) is 20.3 Å². The minimum absolute atomic E-state index is 0.0789. The molecule has 0 spiro atoms. The Balaban J connectivity index is 1.55. The van der Waals surface area contributed by atoms with Crippen LogP contribution in [0, 0.1) is 0 Å². The number of aromatic amines is 1. The summed E-state index contributed by atoms with van der Waals surface area (Å²) in [5, 5.41) is 6.80. The highest BCUT2D eigenvalue weighted by atomic mass is 35.5. The predicted octanol–water partition coefficient (Wildman–Crippen LogP) is 5.35. The number of halogens is 1. The van der Waals surface area contributed by atoms with Crippen molar-refractivity contribution in [2.24, 2.45) is 0 Å². The van der Waals surface area contributed by atoms with Crippen molar-refractivity contribution in [2.75, 3.05) is 25.6 Å². The lowest BCUT2D eigenvalue weighted by atomic mass is 10.0. The first-order chi connectivity index (χ1) is 17.6. The van der Waals surface area contributed by atoms with E-state index in [4.69, 9.17) is 21.1 Å². The molecule has 4 heterocycles. The summed E-state index contributed by atoms with van der Waals surface area (Å²) in [6.45, 7) is 3.04. The molecular formula is C27H26ClN5O3. The molecule has 0 saturated carbocycles. The molecule has 8 nitrogen and oxygen atoms in total. The van der Waals surface area contributed by atoms with Crippen LogP contribution in [0.25, 0.3) is 11.3 Å². The van der Waals surface area contributed by atoms with E-state index in [2.05, 4.69) is 32.5 Å². The Bertz CT molecular complexity index is 1390. The largest absolute Gasteiger partial charge is 0.493 e. The molecule has 0 unspecified atom stereocenters. The number of hydrogen-bond acceptors (Lipinski definition) is 6. The van der Waals surface area contributed by atoms with Gasteiger partial charge in [0, 0.05) is 48.2 Å². The fourth-order valence-electron chi connectivity index (χ4n) is 4.32. The van der Waals surface area contributed by atoms with Crippen molar-refractivity contribution in [2.45, 2.75) is 19.3 Å². The van der Waals surface area contributed by atoms with Crippen LogP contribution in [0.2, 0.25) is 5.02 Å². The molecular weight excluding hydrogens is 478 g/mol. The Labute approximate surface area is 214 Å². The van der Waals surface area contributed by atoms with Gasteiger partial charge in [-0.2, -0.15) is 0 Å². The lowest BCUT2D eigenvalue weighted by Gasteiger charge is -2.18. The third-order valence-corrected chi connectivity index (χ3v) is 6.43. The number of amides is 1. The highest BCUT2D eigenvalue weighted by Gasteiger charge is 2.29. The molecule has 1 aromatic carbocycles. The monoisotopic (exact) mass is 503 g/mol. The lowest BCUT2D eigenvalue weighted by Crippen LogP contribution is -2.31. The number of pyridine rings is 2. The summed E-state index contributed by atoms with van der Waals surface area (Å²) in [6, 6.07) is 13.1. The molecule has 36 heavy (non-hydrogen) atoms. The highest BCUT2D eigenvalue weighted by molar-refractivity contribution is 6.32. The van der Waals surface area contributed by atoms with Gasteiger partial charge in [-0.25, -0.2) is 0 Å². The van der Waals surface area contributed by atoms with Gasteiger partial charge in [0.15, 0.2) is 5.75 Å². The van der Waals surface area contributed by atoms with Crippen LogP contribution in [0.3, 0.4) is 0 Å². The lowest BCUT2D eigenvalue weighted by molar-refractivity contribution is 0.0947. The SMILES string of the molecule is COc1c(Cl)cccc1Nc1c(-c2ccncc2OC[C@@H](C)c2ccccn2)[nH]c2c1C(=O)NCC2. The Morgan fingerprint density at radius 3 is 2.86 bits per heavy atom. The van der Waals surface area contributed by atoms with E-state index in [0.717, 1.165) is 22.6 Å². The maximum atomic E-state index is 12.9. The van der Waals surface area contributed by atoms with E-state index >= 15 is 0 Å². The number of ether oxygens (including phenoxy) is 2. The number of anilines is 2. The van der Waals surface area contributed by atoms with Gasteiger partial charge in [0.1, 0.15) is 5.75 Å². The maximum absolute atomic E-state index is 12.9. The first kappa shape index (κ1) is 23.7. The van der Waals surface area contributed by atoms with E-state index in [1.54, 1.807) is 31.8 Å².